The van der Waals surface area contributed by atoms with Gasteiger partial charge in [-0.05, 0) is 24.3 Å². The minimum atomic E-state index is -0.540. The van der Waals surface area contributed by atoms with Gasteiger partial charge in [0.25, 0.3) is 5.89 Å². The molecule has 0 radical (unpaired) electrons. The monoisotopic (exact) mass is 338 g/mol. The summed E-state index contributed by atoms with van der Waals surface area (Å²) in [6.07, 6.45) is 0. The van der Waals surface area contributed by atoms with Crippen LogP contribution in [-0.4, -0.2) is 29.4 Å². The van der Waals surface area contributed by atoms with Gasteiger partial charge in [0, 0.05) is 5.56 Å². The van der Waals surface area contributed by atoms with Crippen LogP contribution in [0.5, 0.6) is 11.5 Å². The van der Waals surface area contributed by atoms with Gasteiger partial charge in [-0.2, -0.15) is 0 Å². The van der Waals surface area contributed by atoms with Gasteiger partial charge in [0.15, 0.2) is 18.1 Å². The standard InChI is InChI=1S/C18H14N2O5/c21-18(13-7-4-8-14-16(13)23-10-9-22-14)24-11-15-19-20-17(25-15)12-5-2-1-3-6-12/h1-8H,9-11H2. The molecule has 0 unspecified atom stereocenters. The lowest BCUT2D eigenvalue weighted by atomic mass is 10.2. The minimum absolute atomic E-state index is 0.122. The molecular formula is C18H14N2O5. The molecule has 126 valence electrons. The Morgan fingerprint density at radius 3 is 2.72 bits per heavy atom. The summed E-state index contributed by atoms with van der Waals surface area (Å²) in [5.41, 5.74) is 1.11. The molecule has 0 amide bonds. The zero-order chi connectivity index (χ0) is 17.1. The van der Waals surface area contributed by atoms with Gasteiger partial charge in [-0.3, -0.25) is 0 Å². The lowest BCUT2D eigenvalue weighted by Gasteiger charge is -2.20. The second kappa shape index (κ2) is 6.64. The number of para-hydroxylation sites is 1. The van der Waals surface area contributed by atoms with Crippen molar-refractivity contribution < 1.29 is 23.4 Å². The van der Waals surface area contributed by atoms with Crippen molar-refractivity contribution in [2.45, 2.75) is 6.61 Å². The Balaban J connectivity index is 1.46. The quantitative estimate of drug-likeness (QED) is 0.676. The average Bonchev–Trinajstić information content (AvgIpc) is 3.15. The molecule has 4 rings (SSSR count). The van der Waals surface area contributed by atoms with E-state index in [2.05, 4.69) is 10.2 Å². The van der Waals surface area contributed by atoms with E-state index < -0.39 is 5.97 Å². The first kappa shape index (κ1) is 15.2. The molecule has 1 aliphatic heterocycles. The molecule has 1 aliphatic rings. The first-order valence-electron chi connectivity index (χ1n) is 7.75. The van der Waals surface area contributed by atoms with Gasteiger partial charge in [-0.1, -0.05) is 24.3 Å². The molecule has 0 aliphatic carbocycles. The summed E-state index contributed by atoms with van der Waals surface area (Å²) < 4.78 is 21.7. The maximum atomic E-state index is 12.3. The first-order valence-corrected chi connectivity index (χ1v) is 7.75. The highest BCUT2D eigenvalue weighted by molar-refractivity contribution is 5.93. The molecule has 0 bridgehead atoms. The number of hydrogen-bond donors (Lipinski definition) is 0. The van der Waals surface area contributed by atoms with Gasteiger partial charge < -0.3 is 18.6 Å². The predicted octanol–water partition coefficient (Wildman–Crippen LogP) is 2.86. The number of hydrogen-bond acceptors (Lipinski definition) is 7. The molecule has 0 N–H and O–H groups in total. The fraction of sp³-hybridized carbons (Fsp3) is 0.167. The van der Waals surface area contributed by atoms with E-state index in [0.29, 0.717) is 36.2 Å². The van der Waals surface area contributed by atoms with Gasteiger partial charge in [-0.15, -0.1) is 10.2 Å². The van der Waals surface area contributed by atoms with E-state index in [-0.39, 0.29) is 12.5 Å². The molecule has 3 aromatic rings. The Morgan fingerprint density at radius 2 is 1.84 bits per heavy atom. The van der Waals surface area contributed by atoms with E-state index in [1.165, 1.54) is 0 Å². The van der Waals surface area contributed by atoms with Gasteiger partial charge in [0.2, 0.25) is 5.89 Å². The van der Waals surface area contributed by atoms with E-state index >= 15 is 0 Å². The molecule has 2 aromatic carbocycles. The fourth-order valence-corrected chi connectivity index (χ4v) is 2.45. The number of fused-ring (bicyclic) bond motifs is 1. The molecule has 1 aromatic heterocycles. The number of benzene rings is 2. The van der Waals surface area contributed by atoms with Crippen molar-refractivity contribution in [3.8, 4) is 23.0 Å². The van der Waals surface area contributed by atoms with Crippen molar-refractivity contribution in [3.63, 3.8) is 0 Å². The molecule has 0 atom stereocenters. The molecule has 0 spiro atoms. The number of aromatic nitrogens is 2. The van der Waals surface area contributed by atoms with Crippen LogP contribution in [0.3, 0.4) is 0 Å². The van der Waals surface area contributed by atoms with Gasteiger partial charge in [0.1, 0.15) is 18.8 Å². The second-order valence-electron chi connectivity index (χ2n) is 5.27. The molecule has 7 heteroatoms. The van der Waals surface area contributed by atoms with Crippen LogP contribution in [0, 0.1) is 0 Å². The smallest absolute Gasteiger partial charge is 0.342 e. The van der Waals surface area contributed by atoms with Crippen molar-refractivity contribution >= 4 is 5.97 Å². The summed E-state index contributed by atoms with van der Waals surface area (Å²) >= 11 is 0. The third-order valence-electron chi connectivity index (χ3n) is 3.60. The van der Waals surface area contributed by atoms with E-state index in [0.717, 1.165) is 5.56 Å². The molecule has 2 heterocycles. The number of nitrogens with zero attached hydrogens (tertiary/aromatic N) is 2. The van der Waals surface area contributed by atoms with Crippen molar-refractivity contribution in [1.29, 1.82) is 0 Å². The van der Waals surface area contributed by atoms with Crippen molar-refractivity contribution in [3.05, 3.63) is 60.0 Å². The fourth-order valence-electron chi connectivity index (χ4n) is 2.45. The van der Waals surface area contributed by atoms with Crippen molar-refractivity contribution in [2.75, 3.05) is 13.2 Å². The second-order valence-corrected chi connectivity index (χ2v) is 5.27. The summed E-state index contributed by atoms with van der Waals surface area (Å²) in [7, 11) is 0. The Labute approximate surface area is 143 Å². The van der Waals surface area contributed by atoms with Crippen LogP contribution in [0.15, 0.2) is 52.9 Å². The van der Waals surface area contributed by atoms with Crippen molar-refractivity contribution in [2.24, 2.45) is 0 Å². The van der Waals surface area contributed by atoms with Crippen LogP contribution < -0.4 is 9.47 Å². The highest BCUT2D eigenvalue weighted by Crippen LogP contribution is 2.34. The minimum Gasteiger partial charge on any atom is -0.486 e. The van der Waals surface area contributed by atoms with Crippen LogP contribution in [-0.2, 0) is 11.3 Å². The number of ether oxygens (including phenoxy) is 3. The van der Waals surface area contributed by atoms with E-state index in [1.54, 1.807) is 18.2 Å². The normalized spacial score (nSPS) is 12.6. The zero-order valence-corrected chi connectivity index (χ0v) is 13.2. The van der Waals surface area contributed by atoms with Crippen LogP contribution in [0.25, 0.3) is 11.5 Å². The Bertz CT molecular complexity index is 891. The van der Waals surface area contributed by atoms with Gasteiger partial charge >= 0.3 is 5.97 Å². The number of rotatable bonds is 4. The lowest BCUT2D eigenvalue weighted by molar-refractivity contribution is 0.0429. The third kappa shape index (κ3) is 3.16. The summed E-state index contributed by atoms with van der Waals surface area (Å²) in [4.78, 5) is 12.3. The number of carbonyl (C=O) groups is 1. The molecule has 25 heavy (non-hydrogen) atoms. The molecular weight excluding hydrogens is 324 g/mol. The highest BCUT2D eigenvalue weighted by Gasteiger charge is 2.22. The van der Waals surface area contributed by atoms with E-state index in [1.807, 2.05) is 30.3 Å². The molecule has 7 nitrogen and oxygen atoms in total. The SMILES string of the molecule is O=C(OCc1nnc(-c2ccccc2)o1)c1cccc2c1OCCO2. The van der Waals surface area contributed by atoms with Gasteiger partial charge in [0.05, 0.1) is 0 Å². The van der Waals surface area contributed by atoms with Crippen LogP contribution in [0.4, 0.5) is 0 Å². The van der Waals surface area contributed by atoms with Crippen molar-refractivity contribution in [1.82, 2.24) is 10.2 Å². The Hall–Kier alpha value is -3.35. The third-order valence-corrected chi connectivity index (χ3v) is 3.60. The highest BCUT2D eigenvalue weighted by atomic mass is 16.6. The number of esters is 1. The molecule has 0 saturated carbocycles. The lowest BCUT2D eigenvalue weighted by Crippen LogP contribution is -2.18. The Morgan fingerprint density at radius 1 is 1.00 bits per heavy atom. The van der Waals surface area contributed by atoms with E-state index in [9.17, 15) is 4.79 Å². The summed E-state index contributed by atoms with van der Waals surface area (Å²) in [5.74, 6) is 0.982. The Kier molecular flexibility index (Phi) is 4.04. The summed E-state index contributed by atoms with van der Waals surface area (Å²) in [6.45, 7) is 0.723. The van der Waals surface area contributed by atoms with Crippen LogP contribution in [0.2, 0.25) is 0 Å². The van der Waals surface area contributed by atoms with Crippen LogP contribution >= 0.6 is 0 Å². The van der Waals surface area contributed by atoms with Crippen LogP contribution in [0.1, 0.15) is 16.2 Å². The summed E-state index contributed by atoms with van der Waals surface area (Å²) in [6, 6.07) is 14.4. The maximum Gasteiger partial charge on any atom is 0.342 e. The van der Waals surface area contributed by atoms with E-state index in [4.69, 9.17) is 18.6 Å². The zero-order valence-electron chi connectivity index (χ0n) is 13.2. The van der Waals surface area contributed by atoms with Gasteiger partial charge in [-0.25, -0.2) is 4.79 Å². The summed E-state index contributed by atoms with van der Waals surface area (Å²) in [5, 5.41) is 7.85. The number of carbonyl (C=O) groups excluding carboxylic acids is 1. The predicted molar refractivity (Wildman–Crippen MR) is 86.3 cm³/mol. The largest absolute Gasteiger partial charge is 0.486 e. The molecule has 0 saturated heterocycles. The average molecular weight is 338 g/mol. The molecule has 0 fully saturated rings. The first-order chi connectivity index (χ1) is 12.3. The topological polar surface area (TPSA) is 83.7 Å². The maximum absolute atomic E-state index is 12.3.